The van der Waals surface area contributed by atoms with Crippen LogP contribution >= 0.6 is 11.3 Å². The Kier molecular flexibility index (Phi) is 1.05. The normalized spacial score (nSPS) is 11.0. The Labute approximate surface area is 62.3 Å². The van der Waals surface area contributed by atoms with Crippen molar-refractivity contribution in [2.45, 2.75) is 13.8 Å². The van der Waals surface area contributed by atoms with Crippen molar-refractivity contribution in [3.63, 3.8) is 0 Å². The Balaban J connectivity index is 2.83. The van der Waals surface area contributed by atoms with Crippen LogP contribution in [0.3, 0.4) is 0 Å². The summed E-state index contributed by atoms with van der Waals surface area (Å²) in [6.45, 7) is 3.95. The molecule has 0 spiro atoms. The van der Waals surface area contributed by atoms with Crippen LogP contribution in [0.25, 0.3) is 4.96 Å². The lowest BCUT2D eigenvalue weighted by molar-refractivity contribution is 0.944. The molecule has 0 atom stereocenters. The number of fused-ring (bicyclic) bond motifs is 1. The van der Waals surface area contributed by atoms with Gasteiger partial charge in [0.15, 0.2) is 0 Å². The van der Waals surface area contributed by atoms with Gasteiger partial charge in [0.1, 0.15) is 5.01 Å². The predicted molar refractivity (Wildman–Crippen MR) is 40.3 cm³/mol. The molecule has 2 aromatic rings. The molecule has 10 heavy (non-hydrogen) atoms. The molecule has 0 radical (unpaired) electrons. The van der Waals surface area contributed by atoms with Crippen molar-refractivity contribution in [2.24, 2.45) is 0 Å². The second-order valence-electron chi connectivity index (χ2n) is 2.23. The third-order valence-corrected chi connectivity index (χ3v) is 2.10. The maximum atomic E-state index is 4.25. The highest BCUT2D eigenvalue weighted by Crippen LogP contribution is 2.12. The molecule has 0 fully saturated rings. The standard InChI is InChI=1S/C6H7N3S/c1-4-3-9-6(7-4)10-5(2)8-9/h3H,1-2H3. The van der Waals surface area contributed by atoms with Crippen molar-refractivity contribution in [1.29, 1.82) is 0 Å². The summed E-state index contributed by atoms with van der Waals surface area (Å²) < 4.78 is 1.81. The molecule has 0 amide bonds. The number of aromatic nitrogens is 3. The van der Waals surface area contributed by atoms with E-state index in [9.17, 15) is 0 Å². The number of aryl methyl sites for hydroxylation is 2. The first kappa shape index (κ1) is 5.85. The minimum Gasteiger partial charge on any atom is -0.223 e. The zero-order chi connectivity index (χ0) is 7.14. The van der Waals surface area contributed by atoms with Gasteiger partial charge in [-0.25, -0.2) is 9.50 Å². The maximum absolute atomic E-state index is 4.25. The first-order valence-electron chi connectivity index (χ1n) is 3.05. The van der Waals surface area contributed by atoms with Gasteiger partial charge in [0.05, 0.1) is 11.9 Å². The van der Waals surface area contributed by atoms with Crippen LogP contribution in [-0.2, 0) is 0 Å². The first-order valence-corrected chi connectivity index (χ1v) is 3.87. The Hall–Kier alpha value is -0.900. The minimum atomic E-state index is 0.981. The molecular formula is C6H7N3S. The van der Waals surface area contributed by atoms with Crippen molar-refractivity contribution in [2.75, 3.05) is 0 Å². The highest BCUT2D eigenvalue weighted by Gasteiger charge is 2.00. The van der Waals surface area contributed by atoms with Crippen LogP contribution in [0.2, 0.25) is 0 Å². The van der Waals surface area contributed by atoms with Crippen LogP contribution in [0.5, 0.6) is 0 Å². The Morgan fingerprint density at radius 1 is 1.50 bits per heavy atom. The van der Waals surface area contributed by atoms with Gasteiger partial charge < -0.3 is 0 Å². The lowest BCUT2D eigenvalue weighted by Crippen LogP contribution is -1.79. The molecule has 0 bridgehead atoms. The number of imidazole rings is 1. The quantitative estimate of drug-likeness (QED) is 0.572. The predicted octanol–water partition coefficient (Wildman–Crippen LogP) is 1.41. The lowest BCUT2D eigenvalue weighted by atomic mass is 10.6. The van der Waals surface area contributed by atoms with Crippen molar-refractivity contribution < 1.29 is 0 Å². The van der Waals surface area contributed by atoms with Gasteiger partial charge in [-0.2, -0.15) is 5.10 Å². The Morgan fingerprint density at radius 3 is 3.00 bits per heavy atom. The van der Waals surface area contributed by atoms with E-state index in [4.69, 9.17) is 0 Å². The molecule has 2 heterocycles. The molecular weight excluding hydrogens is 146 g/mol. The molecule has 0 N–H and O–H groups in total. The zero-order valence-corrected chi connectivity index (χ0v) is 6.64. The molecule has 0 unspecified atom stereocenters. The van der Waals surface area contributed by atoms with Crippen molar-refractivity contribution in [3.8, 4) is 0 Å². The maximum Gasteiger partial charge on any atom is 0.212 e. The molecule has 0 aromatic carbocycles. The summed E-state index contributed by atoms with van der Waals surface area (Å²) in [7, 11) is 0. The fourth-order valence-electron chi connectivity index (χ4n) is 0.909. The highest BCUT2D eigenvalue weighted by atomic mass is 32.1. The van der Waals surface area contributed by atoms with Gasteiger partial charge in [-0.05, 0) is 13.8 Å². The number of rotatable bonds is 0. The second kappa shape index (κ2) is 1.79. The summed E-state index contributed by atoms with van der Waals surface area (Å²) in [6, 6.07) is 0. The summed E-state index contributed by atoms with van der Waals surface area (Å²) in [5, 5.41) is 5.26. The van der Waals surface area contributed by atoms with Crippen LogP contribution in [-0.4, -0.2) is 14.6 Å². The van der Waals surface area contributed by atoms with E-state index in [1.165, 1.54) is 0 Å². The van der Waals surface area contributed by atoms with Crippen LogP contribution in [0, 0.1) is 13.8 Å². The summed E-state index contributed by atoms with van der Waals surface area (Å²) >= 11 is 1.61. The number of hydrogen-bond donors (Lipinski definition) is 0. The van der Waals surface area contributed by atoms with Gasteiger partial charge in [-0.15, -0.1) is 0 Å². The van der Waals surface area contributed by atoms with E-state index in [1.54, 1.807) is 11.3 Å². The molecule has 2 aromatic heterocycles. The third kappa shape index (κ3) is 0.724. The molecule has 0 saturated heterocycles. The highest BCUT2D eigenvalue weighted by molar-refractivity contribution is 7.16. The van der Waals surface area contributed by atoms with Crippen molar-refractivity contribution in [1.82, 2.24) is 14.6 Å². The van der Waals surface area contributed by atoms with Crippen molar-refractivity contribution in [3.05, 3.63) is 16.9 Å². The van der Waals surface area contributed by atoms with Gasteiger partial charge in [-0.3, -0.25) is 0 Å². The summed E-state index contributed by atoms with van der Waals surface area (Å²) in [5.41, 5.74) is 1.03. The molecule has 52 valence electrons. The van der Waals surface area contributed by atoms with Crippen molar-refractivity contribution >= 4 is 16.3 Å². The SMILES string of the molecule is Cc1cn2nc(C)sc2n1. The molecule has 2 rings (SSSR count). The smallest absolute Gasteiger partial charge is 0.212 e. The largest absolute Gasteiger partial charge is 0.223 e. The summed E-state index contributed by atoms with van der Waals surface area (Å²) in [4.78, 5) is 5.23. The minimum absolute atomic E-state index is 0.981. The van der Waals surface area contributed by atoms with Crippen LogP contribution < -0.4 is 0 Å². The topological polar surface area (TPSA) is 30.2 Å². The van der Waals surface area contributed by atoms with Gasteiger partial charge >= 0.3 is 0 Å². The average molecular weight is 153 g/mol. The lowest BCUT2D eigenvalue weighted by Gasteiger charge is -1.74. The molecule has 3 nitrogen and oxygen atoms in total. The number of nitrogens with zero attached hydrogens (tertiary/aromatic N) is 3. The number of hydrogen-bond acceptors (Lipinski definition) is 3. The summed E-state index contributed by atoms with van der Waals surface area (Å²) in [6.07, 6.45) is 1.93. The fraction of sp³-hybridized carbons (Fsp3) is 0.333. The van der Waals surface area contributed by atoms with Gasteiger partial charge in [0, 0.05) is 0 Å². The zero-order valence-electron chi connectivity index (χ0n) is 5.83. The van der Waals surface area contributed by atoms with E-state index in [1.807, 2.05) is 24.6 Å². The van der Waals surface area contributed by atoms with E-state index in [-0.39, 0.29) is 0 Å². The third-order valence-electron chi connectivity index (χ3n) is 1.26. The van der Waals surface area contributed by atoms with Gasteiger partial charge in [-0.1, -0.05) is 11.3 Å². The van der Waals surface area contributed by atoms with E-state index in [0.29, 0.717) is 0 Å². The first-order chi connectivity index (χ1) is 4.75. The van der Waals surface area contributed by atoms with Crippen LogP contribution in [0.4, 0.5) is 0 Å². The fourth-order valence-corrected chi connectivity index (χ4v) is 1.68. The molecule has 4 heteroatoms. The van der Waals surface area contributed by atoms with Gasteiger partial charge in [0.2, 0.25) is 4.96 Å². The van der Waals surface area contributed by atoms with E-state index in [0.717, 1.165) is 15.7 Å². The summed E-state index contributed by atoms with van der Waals surface area (Å²) in [5.74, 6) is 0. The molecule has 0 saturated carbocycles. The second-order valence-corrected chi connectivity index (χ2v) is 3.39. The van der Waals surface area contributed by atoms with E-state index < -0.39 is 0 Å². The van der Waals surface area contributed by atoms with E-state index in [2.05, 4.69) is 10.1 Å². The average Bonchev–Trinajstić information content (AvgIpc) is 2.21. The van der Waals surface area contributed by atoms with Crippen LogP contribution in [0.1, 0.15) is 10.7 Å². The molecule has 0 aliphatic heterocycles. The Morgan fingerprint density at radius 2 is 2.30 bits per heavy atom. The van der Waals surface area contributed by atoms with Crippen LogP contribution in [0.15, 0.2) is 6.20 Å². The molecule has 0 aliphatic rings. The van der Waals surface area contributed by atoms with Gasteiger partial charge in [0.25, 0.3) is 0 Å². The monoisotopic (exact) mass is 153 g/mol. The Bertz CT molecular complexity index is 297. The molecule has 0 aliphatic carbocycles. The van der Waals surface area contributed by atoms with E-state index >= 15 is 0 Å².